The van der Waals surface area contributed by atoms with Crippen molar-refractivity contribution < 1.29 is 47.2 Å². The first-order chi connectivity index (χ1) is 27.2. The minimum atomic E-state index is -4.98. The zero-order chi connectivity index (χ0) is 40.8. The second-order valence-corrected chi connectivity index (χ2v) is 18.0. The van der Waals surface area contributed by atoms with Crippen molar-refractivity contribution in [3.05, 3.63) is 60.2 Å². The smallest absolute Gasteiger partial charge is 0.396 e. The van der Waals surface area contributed by atoms with Crippen LogP contribution in [0, 0.1) is 11.8 Å². The van der Waals surface area contributed by atoms with Gasteiger partial charge in [-0.05, 0) is 82.3 Å². The number of fused-ring (bicyclic) bond motifs is 1. The molecule has 0 radical (unpaired) electrons. The SMILES string of the molecule is CCC(CC)(CC(CO)Cc1ccc2ccc3cccc4ccc1c2c34)OP(=O)(O)OCC1OC(N2C=NC3C(N)=NC=NC32)CC1C(CC)(CC)OP(=O)(O)O. The maximum Gasteiger partial charge on any atom is 0.472 e. The van der Waals surface area contributed by atoms with E-state index in [2.05, 4.69) is 69.6 Å². The van der Waals surface area contributed by atoms with Gasteiger partial charge < -0.3 is 35.2 Å². The van der Waals surface area contributed by atoms with Gasteiger partial charge in [0.05, 0.1) is 30.3 Å². The first-order valence-corrected chi connectivity index (χ1v) is 22.7. The highest BCUT2D eigenvalue weighted by atomic mass is 31.2. The van der Waals surface area contributed by atoms with Crippen LogP contribution in [0.15, 0.2) is 69.6 Å². The molecule has 7 unspecified atom stereocenters. The summed E-state index contributed by atoms with van der Waals surface area (Å²) in [5, 5.41) is 17.7. The van der Waals surface area contributed by atoms with E-state index in [1.54, 1.807) is 25.1 Å². The number of nitrogens with zero attached hydrogens (tertiary/aromatic N) is 4. The van der Waals surface area contributed by atoms with E-state index in [0.717, 1.165) is 27.1 Å². The average molecular weight is 826 g/mol. The van der Waals surface area contributed by atoms with Gasteiger partial charge in [0, 0.05) is 18.9 Å². The Bertz CT molecular complexity index is 2240. The molecule has 0 amide bonds. The van der Waals surface area contributed by atoms with E-state index in [4.69, 9.17) is 24.0 Å². The van der Waals surface area contributed by atoms with Crippen LogP contribution in [0.4, 0.5) is 0 Å². The number of aliphatic hydroxyl groups excluding tert-OH is 1. The average Bonchev–Trinajstić information content (AvgIpc) is 3.83. The Morgan fingerprint density at radius 2 is 1.58 bits per heavy atom. The molecule has 4 aromatic carbocycles. The number of ether oxygens (including phenoxy) is 1. The highest BCUT2D eigenvalue weighted by Gasteiger charge is 2.54. The Morgan fingerprint density at radius 3 is 2.23 bits per heavy atom. The lowest BCUT2D eigenvalue weighted by molar-refractivity contribution is -0.0887. The van der Waals surface area contributed by atoms with Gasteiger partial charge in [-0.1, -0.05) is 82.3 Å². The topological polar surface area (TPSA) is 218 Å². The second kappa shape index (κ2) is 16.4. The van der Waals surface area contributed by atoms with Crippen molar-refractivity contribution in [3.8, 4) is 0 Å². The highest BCUT2D eigenvalue weighted by Crippen LogP contribution is 2.55. The van der Waals surface area contributed by atoms with E-state index in [1.807, 2.05) is 13.8 Å². The number of benzene rings is 4. The van der Waals surface area contributed by atoms with Crippen molar-refractivity contribution in [3.63, 3.8) is 0 Å². The number of hydrogen-bond acceptors (Lipinski definition) is 12. The predicted molar refractivity (Wildman–Crippen MR) is 220 cm³/mol. The Kier molecular flexibility index (Phi) is 12.0. The fourth-order valence-corrected chi connectivity index (χ4v) is 11.4. The van der Waals surface area contributed by atoms with Gasteiger partial charge in [0.15, 0.2) is 6.17 Å². The number of phosphoric ester groups is 2. The zero-order valence-corrected chi connectivity index (χ0v) is 34.5. The first-order valence-electron chi connectivity index (χ1n) is 19.7. The van der Waals surface area contributed by atoms with E-state index < -0.39 is 63.9 Å². The summed E-state index contributed by atoms with van der Waals surface area (Å²) in [6, 6.07) is 18.5. The van der Waals surface area contributed by atoms with Gasteiger partial charge in [-0.3, -0.25) is 18.6 Å². The van der Waals surface area contributed by atoms with Crippen LogP contribution in [0.3, 0.4) is 0 Å². The van der Waals surface area contributed by atoms with Crippen LogP contribution in [-0.4, -0.2) is 92.2 Å². The van der Waals surface area contributed by atoms with Gasteiger partial charge in [-0.2, -0.15) is 0 Å². The number of rotatable bonds is 18. The van der Waals surface area contributed by atoms with E-state index >= 15 is 0 Å². The molecule has 308 valence electrons. The minimum absolute atomic E-state index is 0.165. The molecule has 0 aliphatic carbocycles. The molecule has 6 N–H and O–H groups in total. The molecule has 3 aliphatic rings. The lowest BCUT2D eigenvalue weighted by atomic mass is 9.78. The summed E-state index contributed by atoms with van der Waals surface area (Å²) in [6.45, 7) is 6.67. The monoisotopic (exact) mass is 825 g/mol. The quantitative estimate of drug-likeness (QED) is 0.0526. The molecule has 0 aromatic heterocycles. The van der Waals surface area contributed by atoms with Crippen LogP contribution < -0.4 is 5.73 Å². The van der Waals surface area contributed by atoms with Gasteiger partial charge in [-0.15, -0.1) is 0 Å². The molecule has 3 aliphatic heterocycles. The molecule has 1 fully saturated rings. The Balaban J connectivity index is 1.10. The van der Waals surface area contributed by atoms with Crippen LogP contribution in [0.25, 0.3) is 32.3 Å². The van der Waals surface area contributed by atoms with Crippen LogP contribution in [0.2, 0.25) is 0 Å². The van der Waals surface area contributed by atoms with Crippen LogP contribution in [0.1, 0.15) is 71.8 Å². The molecule has 0 saturated carbocycles. The lowest BCUT2D eigenvalue weighted by Crippen LogP contribution is -2.48. The Labute approximate surface area is 332 Å². The Morgan fingerprint density at radius 1 is 0.912 bits per heavy atom. The third-order valence-electron chi connectivity index (χ3n) is 12.5. The summed E-state index contributed by atoms with van der Waals surface area (Å²) in [4.78, 5) is 46.0. The van der Waals surface area contributed by atoms with Crippen molar-refractivity contribution in [2.24, 2.45) is 32.5 Å². The molecule has 57 heavy (non-hydrogen) atoms. The van der Waals surface area contributed by atoms with E-state index in [1.165, 1.54) is 17.1 Å². The fourth-order valence-electron chi connectivity index (χ4n) is 9.32. The molecular weight excluding hydrogens is 772 g/mol. The molecule has 3 heterocycles. The number of amidine groups is 1. The zero-order valence-electron chi connectivity index (χ0n) is 32.7. The third kappa shape index (κ3) is 8.30. The molecule has 7 atom stereocenters. The van der Waals surface area contributed by atoms with Crippen molar-refractivity contribution in [2.75, 3.05) is 13.2 Å². The van der Waals surface area contributed by atoms with Crippen LogP contribution >= 0.6 is 15.6 Å². The summed E-state index contributed by atoms with van der Waals surface area (Å²) in [5.74, 6) is -0.710. The van der Waals surface area contributed by atoms with E-state index in [-0.39, 0.29) is 44.0 Å². The molecule has 4 aromatic rings. The van der Waals surface area contributed by atoms with E-state index in [9.17, 15) is 28.9 Å². The van der Waals surface area contributed by atoms with Crippen molar-refractivity contribution in [2.45, 2.75) is 108 Å². The molecule has 0 bridgehead atoms. The largest absolute Gasteiger partial charge is 0.472 e. The van der Waals surface area contributed by atoms with Crippen LogP contribution in [0.5, 0.6) is 0 Å². The lowest BCUT2D eigenvalue weighted by Gasteiger charge is -2.39. The number of phosphoric acid groups is 2. The molecule has 17 heteroatoms. The molecular formula is C40H53N5O10P2. The maximum absolute atomic E-state index is 13.9. The van der Waals surface area contributed by atoms with E-state index in [0.29, 0.717) is 19.3 Å². The molecule has 0 spiro atoms. The summed E-state index contributed by atoms with van der Waals surface area (Å²) < 4.78 is 50.1. The predicted octanol–water partition coefficient (Wildman–Crippen LogP) is 6.65. The second-order valence-electron chi connectivity index (χ2n) is 15.5. The molecule has 7 rings (SSSR count). The minimum Gasteiger partial charge on any atom is -0.396 e. The van der Waals surface area contributed by atoms with Gasteiger partial charge in [0.2, 0.25) is 0 Å². The van der Waals surface area contributed by atoms with Gasteiger partial charge in [-0.25, -0.2) is 19.1 Å². The van der Waals surface area contributed by atoms with Gasteiger partial charge in [0.25, 0.3) is 0 Å². The molecule has 15 nitrogen and oxygen atoms in total. The maximum atomic E-state index is 13.9. The van der Waals surface area contributed by atoms with Crippen LogP contribution in [-0.2, 0) is 33.9 Å². The summed E-state index contributed by atoms with van der Waals surface area (Å²) in [6.07, 6.45) is 2.87. The van der Waals surface area contributed by atoms with Crippen molar-refractivity contribution in [1.82, 2.24) is 4.90 Å². The fraction of sp³-hybridized carbons (Fsp3) is 0.525. The normalized spacial score (nSPS) is 24.5. The number of aliphatic imine (C=N–C) groups is 3. The summed E-state index contributed by atoms with van der Waals surface area (Å²) in [7, 11) is -9.77. The first kappa shape index (κ1) is 41.8. The highest BCUT2D eigenvalue weighted by molar-refractivity contribution is 7.47. The van der Waals surface area contributed by atoms with Gasteiger partial charge in [0.1, 0.15) is 24.4 Å². The standard InChI is InChI=1S/C40H53N5O10P2/c1-5-39(6-2,20-25(21-46)18-29-15-14-28-13-12-26-10-9-11-27-16-17-30(29)35(28)34(26)27)54-57(50,51)52-22-32-31(40(7-3,8-4)55-56(47,48)49)19-33(53-32)45-24-44-36-37(41)42-23-43-38(36)45/h9-17,23-25,31-33,36,38,46H,5-8,18-22H2,1-4H3,(H,50,51)(H2,41,42,43)(H2,47,48,49). The summed E-state index contributed by atoms with van der Waals surface area (Å²) in [5.41, 5.74) is 4.65. The molecule has 1 saturated heterocycles. The van der Waals surface area contributed by atoms with Crippen molar-refractivity contribution in [1.29, 1.82) is 0 Å². The number of aliphatic hydroxyl groups is 1. The number of hydrogen-bond donors (Lipinski definition) is 5. The Hall–Kier alpha value is -3.33. The summed E-state index contributed by atoms with van der Waals surface area (Å²) >= 11 is 0. The van der Waals surface area contributed by atoms with Crippen molar-refractivity contribution >= 4 is 66.5 Å². The third-order valence-corrected chi connectivity index (χ3v) is 14.2. The van der Waals surface area contributed by atoms with Gasteiger partial charge >= 0.3 is 15.6 Å². The number of nitrogens with two attached hydrogens (primary N) is 1.